The molecule has 0 spiro atoms. The molecule has 11 heavy (non-hydrogen) atoms. The molecule has 0 amide bonds. The van der Waals surface area contributed by atoms with Gasteiger partial charge in [0.15, 0.2) is 0 Å². The molecule has 0 fully saturated rings. The van der Waals surface area contributed by atoms with E-state index in [-0.39, 0.29) is 6.10 Å². The largest absolute Gasteiger partial charge is 0.382 e. The molecule has 3 heteroatoms. The number of alkyl halides is 1. The van der Waals surface area contributed by atoms with E-state index in [4.69, 9.17) is 9.47 Å². The molecule has 0 aliphatic heterocycles. The summed E-state index contributed by atoms with van der Waals surface area (Å²) >= 11 is 3.39. The maximum absolute atomic E-state index is 5.48. The van der Waals surface area contributed by atoms with Gasteiger partial charge in [0.05, 0.1) is 19.3 Å². The Bertz CT molecular complexity index is 88.2. The molecule has 0 aromatic heterocycles. The summed E-state index contributed by atoms with van der Waals surface area (Å²) in [5.41, 5.74) is 0. The minimum atomic E-state index is 0.210. The predicted octanol–water partition coefficient (Wildman–Crippen LogP) is 2.07. The van der Waals surface area contributed by atoms with Gasteiger partial charge in [-0.1, -0.05) is 22.9 Å². The fourth-order valence-corrected chi connectivity index (χ4v) is 0.843. The lowest BCUT2D eigenvalue weighted by atomic mass is 10.2. The molecule has 2 nitrogen and oxygen atoms in total. The highest BCUT2D eigenvalue weighted by molar-refractivity contribution is 9.09. The average Bonchev–Trinajstić information content (AvgIpc) is 2.01. The van der Waals surface area contributed by atoms with Gasteiger partial charge in [-0.2, -0.15) is 0 Å². The highest BCUT2D eigenvalue weighted by Gasteiger charge is 2.04. The minimum absolute atomic E-state index is 0.210. The van der Waals surface area contributed by atoms with E-state index < -0.39 is 0 Å². The van der Waals surface area contributed by atoms with E-state index in [1.807, 2.05) is 6.92 Å². The Morgan fingerprint density at radius 2 is 1.91 bits per heavy atom. The maximum atomic E-state index is 5.48. The van der Waals surface area contributed by atoms with Crippen molar-refractivity contribution in [2.24, 2.45) is 5.92 Å². The zero-order valence-corrected chi connectivity index (χ0v) is 9.06. The van der Waals surface area contributed by atoms with Gasteiger partial charge in [0.1, 0.15) is 0 Å². The van der Waals surface area contributed by atoms with Crippen molar-refractivity contribution in [1.29, 1.82) is 0 Å². The maximum Gasteiger partial charge on any atom is 0.0780 e. The van der Waals surface area contributed by atoms with E-state index in [0.29, 0.717) is 12.5 Å². The number of halogens is 1. The zero-order valence-electron chi connectivity index (χ0n) is 7.47. The van der Waals surface area contributed by atoms with Gasteiger partial charge in [-0.15, -0.1) is 0 Å². The minimum Gasteiger partial charge on any atom is -0.382 e. The molecule has 0 aromatic carbocycles. The van der Waals surface area contributed by atoms with E-state index in [1.165, 1.54) is 0 Å². The molecular weight excluding hydrogens is 208 g/mol. The first-order chi connectivity index (χ1) is 5.20. The van der Waals surface area contributed by atoms with Crippen LogP contribution in [0.5, 0.6) is 0 Å². The first-order valence-corrected chi connectivity index (χ1v) is 4.99. The smallest absolute Gasteiger partial charge is 0.0780 e. The van der Waals surface area contributed by atoms with Gasteiger partial charge in [0, 0.05) is 12.4 Å². The Hall–Kier alpha value is 0.400. The van der Waals surface area contributed by atoms with Crippen LogP contribution in [0.2, 0.25) is 0 Å². The zero-order chi connectivity index (χ0) is 8.69. The topological polar surface area (TPSA) is 18.5 Å². The van der Waals surface area contributed by atoms with Crippen LogP contribution < -0.4 is 0 Å². The molecule has 0 aliphatic rings. The van der Waals surface area contributed by atoms with E-state index in [9.17, 15) is 0 Å². The SMILES string of the molecule is COCC(C)OCC(C)CBr. The molecule has 0 rings (SSSR count). The number of methoxy groups -OCH3 is 1. The molecule has 2 unspecified atom stereocenters. The number of rotatable bonds is 6. The van der Waals surface area contributed by atoms with E-state index in [0.717, 1.165) is 11.9 Å². The normalized spacial score (nSPS) is 16.4. The predicted molar refractivity (Wildman–Crippen MR) is 50.2 cm³/mol. The Morgan fingerprint density at radius 1 is 1.27 bits per heavy atom. The third-order valence-corrected chi connectivity index (χ3v) is 2.44. The molecule has 0 saturated heterocycles. The van der Waals surface area contributed by atoms with Crippen molar-refractivity contribution in [1.82, 2.24) is 0 Å². The number of hydrogen-bond donors (Lipinski definition) is 0. The van der Waals surface area contributed by atoms with E-state index >= 15 is 0 Å². The summed E-state index contributed by atoms with van der Waals surface area (Å²) in [6.07, 6.45) is 0.210. The Kier molecular flexibility index (Phi) is 7.33. The third-order valence-electron chi connectivity index (χ3n) is 1.33. The summed E-state index contributed by atoms with van der Waals surface area (Å²) in [7, 11) is 1.69. The highest BCUT2D eigenvalue weighted by atomic mass is 79.9. The molecular formula is C8H17BrO2. The summed E-state index contributed by atoms with van der Waals surface area (Å²) in [6.45, 7) is 5.64. The summed E-state index contributed by atoms with van der Waals surface area (Å²) in [6, 6.07) is 0. The summed E-state index contributed by atoms with van der Waals surface area (Å²) in [5.74, 6) is 0.578. The standard InChI is InChI=1S/C8H17BrO2/c1-7(4-9)5-11-8(2)6-10-3/h7-8H,4-6H2,1-3H3. The monoisotopic (exact) mass is 224 g/mol. The van der Waals surface area contributed by atoms with E-state index in [2.05, 4.69) is 22.9 Å². The van der Waals surface area contributed by atoms with Gasteiger partial charge < -0.3 is 9.47 Å². The van der Waals surface area contributed by atoms with Crippen molar-refractivity contribution >= 4 is 15.9 Å². The fourth-order valence-electron chi connectivity index (χ4n) is 0.656. The molecule has 0 saturated carbocycles. The van der Waals surface area contributed by atoms with Crippen LogP contribution in [0.4, 0.5) is 0 Å². The second kappa shape index (κ2) is 7.07. The summed E-state index contributed by atoms with van der Waals surface area (Å²) < 4.78 is 10.4. The molecule has 0 aromatic rings. The molecule has 0 bridgehead atoms. The first-order valence-electron chi connectivity index (χ1n) is 3.87. The van der Waals surface area contributed by atoms with E-state index in [1.54, 1.807) is 7.11 Å². The van der Waals surface area contributed by atoms with Crippen molar-refractivity contribution in [2.75, 3.05) is 25.7 Å². The summed E-state index contributed by atoms with van der Waals surface area (Å²) in [4.78, 5) is 0. The lowest BCUT2D eigenvalue weighted by Crippen LogP contribution is -2.19. The highest BCUT2D eigenvalue weighted by Crippen LogP contribution is 2.02. The van der Waals surface area contributed by atoms with Gasteiger partial charge in [-0.25, -0.2) is 0 Å². The van der Waals surface area contributed by atoms with Crippen LogP contribution in [0.15, 0.2) is 0 Å². The van der Waals surface area contributed by atoms with Crippen LogP contribution in [-0.2, 0) is 9.47 Å². The molecule has 0 radical (unpaired) electrons. The van der Waals surface area contributed by atoms with Crippen molar-refractivity contribution in [3.63, 3.8) is 0 Å². The second-order valence-corrected chi connectivity index (χ2v) is 3.51. The molecule has 0 aliphatic carbocycles. The Balaban J connectivity index is 3.22. The van der Waals surface area contributed by atoms with Crippen LogP contribution >= 0.6 is 15.9 Å². The van der Waals surface area contributed by atoms with Crippen molar-refractivity contribution in [2.45, 2.75) is 20.0 Å². The van der Waals surface area contributed by atoms with Crippen molar-refractivity contribution in [3.05, 3.63) is 0 Å². The molecule has 68 valence electrons. The lowest BCUT2D eigenvalue weighted by Gasteiger charge is -2.14. The quantitative estimate of drug-likeness (QED) is 0.644. The van der Waals surface area contributed by atoms with Crippen LogP contribution in [0, 0.1) is 5.92 Å². The van der Waals surface area contributed by atoms with Crippen LogP contribution in [-0.4, -0.2) is 31.8 Å². The Labute approximate surface area is 77.4 Å². The van der Waals surface area contributed by atoms with Crippen molar-refractivity contribution < 1.29 is 9.47 Å². The van der Waals surface area contributed by atoms with Crippen LogP contribution in [0.3, 0.4) is 0 Å². The number of ether oxygens (including phenoxy) is 2. The van der Waals surface area contributed by atoms with Crippen LogP contribution in [0.1, 0.15) is 13.8 Å². The molecule has 2 atom stereocenters. The molecule has 0 heterocycles. The van der Waals surface area contributed by atoms with Crippen LogP contribution in [0.25, 0.3) is 0 Å². The van der Waals surface area contributed by atoms with Gasteiger partial charge in [0.25, 0.3) is 0 Å². The number of hydrogen-bond acceptors (Lipinski definition) is 2. The first kappa shape index (κ1) is 11.4. The molecule has 0 N–H and O–H groups in total. The fraction of sp³-hybridized carbons (Fsp3) is 1.00. The lowest BCUT2D eigenvalue weighted by molar-refractivity contribution is -0.00138. The van der Waals surface area contributed by atoms with Gasteiger partial charge in [0.2, 0.25) is 0 Å². The average molecular weight is 225 g/mol. The van der Waals surface area contributed by atoms with Crippen molar-refractivity contribution in [3.8, 4) is 0 Å². The van der Waals surface area contributed by atoms with Gasteiger partial charge in [-0.3, -0.25) is 0 Å². The Morgan fingerprint density at radius 3 is 2.36 bits per heavy atom. The van der Waals surface area contributed by atoms with Gasteiger partial charge in [-0.05, 0) is 12.8 Å². The third kappa shape index (κ3) is 6.78. The van der Waals surface area contributed by atoms with Gasteiger partial charge >= 0.3 is 0 Å². The second-order valence-electron chi connectivity index (χ2n) is 2.86. The summed E-state index contributed by atoms with van der Waals surface area (Å²) in [5, 5.41) is 0.993.